The van der Waals surface area contributed by atoms with Crippen LogP contribution in [0.5, 0.6) is 11.5 Å². The van der Waals surface area contributed by atoms with Gasteiger partial charge in [-0.3, -0.25) is 0 Å². The number of hydrogen-bond donors (Lipinski definition) is 2. The molecule has 0 saturated carbocycles. The topological polar surface area (TPSA) is 80.7 Å². The number of hydrogen-bond acceptors (Lipinski definition) is 6. The number of benzene rings is 1. The van der Waals surface area contributed by atoms with Gasteiger partial charge >= 0.3 is 5.97 Å². The summed E-state index contributed by atoms with van der Waals surface area (Å²) in [6, 6.07) is 3.36. The van der Waals surface area contributed by atoms with Gasteiger partial charge in [-0.2, -0.15) is 0 Å². The molecule has 6 nitrogen and oxygen atoms in total. The maximum absolute atomic E-state index is 10.8. The van der Waals surface area contributed by atoms with Crippen molar-refractivity contribution in [1.82, 2.24) is 4.98 Å². The van der Waals surface area contributed by atoms with Gasteiger partial charge < -0.3 is 19.9 Å². The van der Waals surface area contributed by atoms with Gasteiger partial charge in [-0.15, -0.1) is 11.3 Å². The Morgan fingerprint density at radius 3 is 2.67 bits per heavy atom. The molecule has 112 valence electrons. The summed E-state index contributed by atoms with van der Waals surface area (Å²) >= 11 is 7.16. The van der Waals surface area contributed by atoms with Crippen molar-refractivity contribution in [3.05, 3.63) is 33.2 Å². The van der Waals surface area contributed by atoms with Crippen LogP contribution in [0.15, 0.2) is 17.5 Å². The average molecular weight is 329 g/mol. The van der Waals surface area contributed by atoms with E-state index in [1.54, 1.807) is 24.6 Å². The third-order valence-electron chi connectivity index (χ3n) is 2.67. The molecule has 2 rings (SSSR count). The summed E-state index contributed by atoms with van der Waals surface area (Å²) in [6.07, 6.45) is 0. The predicted octanol–water partition coefficient (Wildman–Crippen LogP) is 3.12. The number of methoxy groups -OCH3 is 2. The molecule has 1 aromatic heterocycles. The first-order valence-corrected chi connectivity index (χ1v) is 7.14. The highest BCUT2D eigenvalue weighted by atomic mass is 35.5. The van der Waals surface area contributed by atoms with Gasteiger partial charge in [-0.25, -0.2) is 9.78 Å². The fourth-order valence-electron chi connectivity index (χ4n) is 1.67. The molecule has 2 N–H and O–H groups in total. The van der Waals surface area contributed by atoms with Gasteiger partial charge in [0.15, 0.2) is 0 Å². The van der Waals surface area contributed by atoms with Crippen LogP contribution in [-0.2, 0) is 6.54 Å². The van der Waals surface area contributed by atoms with E-state index in [2.05, 4.69) is 10.3 Å². The molecule has 2 aromatic rings. The SMILES string of the molecule is COc1cc(OC)c(NCc2csc(C(=O)O)n2)cc1Cl. The van der Waals surface area contributed by atoms with Crippen molar-refractivity contribution >= 4 is 34.6 Å². The zero-order valence-electron chi connectivity index (χ0n) is 11.3. The minimum atomic E-state index is -1.03. The van der Waals surface area contributed by atoms with Crippen LogP contribution < -0.4 is 14.8 Å². The minimum Gasteiger partial charge on any atom is -0.495 e. The van der Waals surface area contributed by atoms with E-state index in [4.69, 9.17) is 26.2 Å². The summed E-state index contributed by atoms with van der Waals surface area (Å²) in [6.45, 7) is 0.364. The van der Waals surface area contributed by atoms with E-state index in [0.717, 1.165) is 11.3 Å². The van der Waals surface area contributed by atoms with E-state index in [9.17, 15) is 4.79 Å². The normalized spacial score (nSPS) is 10.2. The van der Waals surface area contributed by atoms with Gasteiger partial charge in [-0.05, 0) is 6.07 Å². The molecule has 1 heterocycles. The molecule has 0 spiro atoms. The molecule has 0 aliphatic carbocycles. The van der Waals surface area contributed by atoms with E-state index < -0.39 is 5.97 Å². The van der Waals surface area contributed by atoms with Gasteiger partial charge in [0.2, 0.25) is 5.01 Å². The van der Waals surface area contributed by atoms with E-state index in [1.807, 2.05) is 0 Å². The number of thiazole rings is 1. The number of nitrogens with one attached hydrogen (secondary N) is 1. The molecule has 0 amide bonds. The van der Waals surface area contributed by atoms with Gasteiger partial charge in [-0.1, -0.05) is 11.6 Å². The lowest BCUT2D eigenvalue weighted by atomic mass is 10.2. The predicted molar refractivity (Wildman–Crippen MR) is 81.0 cm³/mol. The summed E-state index contributed by atoms with van der Waals surface area (Å²) in [4.78, 5) is 14.8. The quantitative estimate of drug-likeness (QED) is 0.848. The van der Waals surface area contributed by atoms with Crippen molar-refractivity contribution in [2.45, 2.75) is 6.54 Å². The second-order valence-electron chi connectivity index (χ2n) is 3.99. The molecule has 0 saturated heterocycles. The maximum Gasteiger partial charge on any atom is 0.365 e. The Labute approximate surface area is 130 Å². The lowest BCUT2D eigenvalue weighted by Crippen LogP contribution is -2.03. The zero-order valence-corrected chi connectivity index (χ0v) is 12.9. The zero-order chi connectivity index (χ0) is 15.4. The molecule has 0 aliphatic heterocycles. The smallest absolute Gasteiger partial charge is 0.365 e. The fraction of sp³-hybridized carbons (Fsp3) is 0.231. The Morgan fingerprint density at radius 2 is 2.10 bits per heavy atom. The summed E-state index contributed by atoms with van der Waals surface area (Å²) < 4.78 is 10.4. The molecule has 1 aromatic carbocycles. The van der Waals surface area contributed by atoms with Gasteiger partial charge in [0.25, 0.3) is 0 Å². The molecule has 0 unspecified atom stereocenters. The first-order valence-electron chi connectivity index (χ1n) is 5.88. The lowest BCUT2D eigenvalue weighted by Gasteiger charge is -2.13. The summed E-state index contributed by atoms with van der Waals surface area (Å²) in [7, 11) is 3.07. The Kier molecular flexibility index (Phi) is 4.87. The third kappa shape index (κ3) is 3.56. The standard InChI is InChI=1S/C13H13ClN2O4S/c1-19-10-4-11(20-2)9(3-8(10)14)15-5-7-6-21-12(16-7)13(17)18/h3-4,6,15H,5H2,1-2H3,(H,17,18). The Balaban J connectivity index is 2.15. The van der Waals surface area contributed by atoms with Crippen molar-refractivity contribution < 1.29 is 19.4 Å². The van der Waals surface area contributed by atoms with Gasteiger partial charge in [0.1, 0.15) is 11.5 Å². The Morgan fingerprint density at radius 1 is 1.38 bits per heavy atom. The molecular formula is C13H13ClN2O4S. The van der Waals surface area contributed by atoms with Crippen LogP contribution in [0.2, 0.25) is 5.02 Å². The van der Waals surface area contributed by atoms with Crippen LogP contribution in [0, 0.1) is 0 Å². The van der Waals surface area contributed by atoms with Crippen LogP contribution in [0.4, 0.5) is 5.69 Å². The number of carboxylic acid groups (broad SMARTS) is 1. The Bertz CT molecular complexity index is 660. The van der Waals surface area contributed by atoms with Crippen LogP contribution in [0.1, 0.15) is 15.5 Å². The van der Waals surface area contributed by atoms with Crippen LogP contribution in [0.25, 0.3) is 0 Å². The second-order valence-corrected chi connectivity index (χ2v) is 5.26. The van der Waals surface area contributed by atoms with Crippen LogP contribution in [-0.4, -0.2) is 30.3 Å². The van der Waals surface area contributed by atoms with Gasteiger partial charge in [0, 0.05) is 11.4 Å². The first-order chi connectivity index (χ1) is 10.0. The fourth-order valence-corrected chi connectivity index (χ4v) is 2.57. The Hall–Kier alpha value is -1.99. The number of aromatic carboxylic acids is 1. The number of aromatic nitrogens is 1. The second kappa shape index (κ2) is 6.64. The number of anilines is 1. The third-order valence-corrected chi connectivity index (χ3v) is 3.84. The molecule has 0 bridgehead atoms. The molecular weight excluding hydrogens is 316 g/mol. The van der Waals surface area contributed by atoms with Crippen molar-refractivity contribution in [2.75, 3.05) is 19.5 Å². The van der Waals surface area contributed by atoms with E-state index >= 15 is 0 Å². The summed E-state index contributed by atoms with van der Waals surface area (Å²) in [5.74, 6) is 0.0575. The highest BCUT2D eigenvalue weighted by molar-refractivity contribution is 7.11. The number of rotatable bonds is 6. The molecule has 0 aliphatic rings. The first kappa shape index (κ1) is 15.4. The van der Waals surface area contributed by atoms with Crippen molar-refractivity contribution in [2.24, 2.45) is 0 Å². The van der Waals surface area contributed by atoms with Crippen molar-refractivity contribution in [3.8, 4) is 11.5 Å². The molecule has 8 heteroatoms. The maximum atomic E-state index is 10.8. The highest BCUT2D eigenvalue weighted by Gasteiger charge is 2.12. The molecule has 0 atom stereocenters. The molecule has 0 fully saturated rings. The largest absolute Gasteiger partial charge is 0.495 e. The average Bonchev–Trinajstić information content (AvgIpc) is 2.94. The number of ether oxygens (including phenoxy) is 2. The van der Waals surface area contributed by atoms with E-state index in [1.165, 1.54) is 7.11 Å². The molecule has 21 heavy (non-hydrogen) atoms. The van der Waals surface area contributed by atoms with E-state index in [-0.39, 0.29) is 5.01 Å². The number of halogens is 1. The number of carboxylic acids is 1. The van der Waals surface area contributed by atoms with Crippen molar-refractivity contribution in [1.29, 1.82) is 0 Å². The van der Waals surface area contributed by atoms with Crippen LogP contribution >= 0.6 is 22.9 Å². The monoisotopic (exact) mass is 328 g/mol. The number of nitrogens with zero attached hydrogens (tertiary/aromatic N) is 1. The van der Waals surface area contributed by atoms with Crippen molar-refractivity contribution in [3.63, 3.8) is 0 Å². The van der Waals surface area contributed by atoms with Gasteiger partial charge in [0.05, 0.1) is 37.2 Å². The molecule has 0 radical (unpaired) electrons. The van der Waals surface area contributed by atoms with E-state index in [0.29, 0.717) is 34.4 Å². The summed E-state index contributed by atoms with van der Waals surface area (Å²) in [5.41, 5.74) is 1.31. The van der Waals surface area contributed by atoms with Crippen LogP contribution in [0.3, 0.4) is 0 Å². The lowest BCUT2D eigenvalue weighted by molar-refractivity contribution is 0.0696. The number of carbonyl (C=O) groups is 1. The highest BCUT2D eigenvalue weighted by Crippen LogP contribution is 2.36. The summed E-state index contributed by atoms with van der Waals surface area (Å²) in [5, 5.41) is 14.1. The minimum absolute atomic E-state index is 0.0616.